The molecule has 6 aromatic rings. The highest BCUT2D eigenvalue weighted by molar-refractivity contribution is 7.22. The number of carboxylic acids is 1. The number of aromatic nitrogens is 4. The molecule has 0 saturated heterocycles. The first-order valence-electron chi connectivity index (χ1n) is 14.9. The fourth-order valence-electron chi connectivity index (χ4n) is 6.56. The highest BCUT2D eigenvalue weighted by atomic mass is 32.1. The van der Waals surface area contributed by atoms with Crippen LogP contribution in [0.2, 0.25) is 0 Å². The lowest BCUT2D eigenvalue weighted by Gasteiger charge is -2.31. The summed E-state index contributed by atoms with van der Waals surface area (Å²) in [5.74, 6) is -0.761. The van der Waals surface area contributed by atoms with Gasteiger partial charge < -0.3 is 10.0 Å². The molecule has 1 aliphatic heterocycles. The van der Waals surface area contributed by atoms with E-state index in [1.807, 2.05) is 76.4 Å². The SMILES string of the molecule is O=C(Nc1nc2ccccc2s1)c1cccc2c1CN(c1ccc(-c3cnn(C4CCc5ccccc54)c3)c(C(=O)O)n1)CC2. The van der Waals surface area contributed by atoms with Crippen LogP contribution in [-0.4, -0.2) is 43.3 Å². The number of hydrogen-bond donors (Lipinski definition) is 2. The molecule has 45 heavy (non-hydrogen) atoms. The van der Waals surface area contributed by atoms with E-state index in [1.165, 1.54) is 22.5 Å². The van der Waals surface area contributed by atoms with Crippen LogP contribution in [0, 0.1) is 0 Å². The van der Waals surface area contributed by atoms with Crippen LogP contribution in [0.4, 0.5) is 10.9 Å². The zero-order valence-electron chi connectivity index (χ0n) is 24.2. The fraction of sp³-hybridized carbons (Fsp3) is 0.171. The third kappa shape index (κ3) is 4.93. The third-order valence-corrected chi connectivity index (χ3v) is 9.72. The molecule has 3 aromatic carbocycles. The molecular weight excluding hydrogens is 584 g/mol. The van der Waals surface area contributed by atoms with Gasteiger partial charge >= 0.3 is 5.97 Å². The zero-order chi connectivity index (χ0) is 30.5. The van der Waals surface area contributed by atoms with E-state index in [1.54, 1.807) is 6.20 Å². The summed E-state index contributed by atoms with van der Waals surface area (Å²) in [6, 6.07) is 25.8. The summed E-state index contributed by atoms with van der Waals surface area (Å²) < 4.78 is 2.94. The van der Waals surface area contributed by atoms with Gasteiger partial charge in [0.15, 0.2) is 10.8 Å². The van der Waals surface area contributed by atoms with Gasteiger partial charge in [-0.1, -0.05) is 59.9 Å². The van der Waals surface area contributed by atoms with Gasteiger partial charge in [-0.05, 0) is 71.8 Å². The van der Waals surface area contributed by atoms with Gasteiger partial charge in [0.05, 0.1) is 22.5 Å². The van der Waals surface area contributed by atoms with Gasteiger partial charge in [0.25, 0.3) is 5.91 Å². The molecule has 3 aromatic heterocycles. The molecule has 0 fully saturated rings. The summed E-state index contributed by atoms with van der Waals surface area (Å²) in [6.07, 6.45) is 6.30. The molecule has 10 heteroatoms. The number of rotatable bonds is 6. The Balaban J connectivity index is 1.06. The van der Waals surface area contributed by atoms with Crippen molar-refractivity contribution >= 4 is 44.4 Å². The zero-order valence-corrected chi connectivity index (χ0v) is 25.0. The summed E-state index contributed by atoms with van der Waals surface area (Å²) in [4.78, 5) is 37.1. The molecule has 1 aliphatic carbocycles. The van der Waals surface area contributed by atoms with Gasteiger partial charge in [0, 0.05) is 36.0 Å². The van der Waals surface area contributed by atoms with Gasteiger partial charge in [-0.3, -0.25) is 14.8 Å². The van der Waals surface area contributed by atoms with Crippen molar-refractivity contribution in [2.24, 2.45) is 0 Å². The fourth-order valence-corrected chi connectivity index (χ4v) is 7.42. The predicted molar refractivity (Wildman–Crippen MR) is 174 cm³/mol. The van der Waals surface area contributed by atoms with Crippen LogP contribution in [0.15, 0.2) is 91.3 Å². The van der Waals surface area contributed by atoms with Crippen molar-refractivity contribution in [1.29, 1.82) is 0 Å². The van der Waals surface area contributed by atoms with Crippen LogP contribution in [0.1, 0.15) is 55.6 Å². The maximum absolute atomic E-state index is 13.5. The number of fused-ring (bicyclic) bond motifs is 3. The van der Waals surface area contributed by atoms with Crippen molar-refractivity contribution in [2.75, 3.05) is 16.8 Å². The Morgan fingerprint density at radius 3 is 2.64 bits per heavy atom. The molecule has 4 heterocycles. The van der Waals surface area contributed by atoms with E-state index in [2.05, 4.69) is 38.6 Å². The number of para-hydroxylation sites is 1. The highest BCUT2D eigenvalue weighted by Gasteiger charge is 2.27. The van der Waals surface area contributed by atoms with Gasteiger partial charge in [-0.2, -0.15) is 5.10 Å². The smallest absolute Gasteiger partial charge is 0.355 e. The molecule has 2 N–H and O–H groups in total. The minimum Gasteiger partial charge on any atom is -0.476 e. The van der Waals surface area contributed by atoms with Crippen molar-refractivity contribution in [2.45, 2.75) is 31.8 Å². The standard InChI is InChI=1S/C35H28N6O3S/c42-33(39-35-37-28-10-3-4-11-30(28)45-35)26-9-5-7-22-16-17-40(20-27(22)26)31-15-13-25(32(38-31)34(43)44)23-18-36-41(19-23)29-14-12-21-6-1-2-8-24(21)29/h1-11,13,15,18-19,29H,12,14,16-17,20H2,(H,43,44)(H,37,39,42). The number of carboxylic acid groups (broad SMARTS) is 1. The van der Waals surface area contributed by atoms with Crippen molar-refractivity contribution in [3.8, 4) is 11.1 Å². The first-order chi connectivity index (χ1) is 22.0. The summed E-state index contributed by atoms with van der Waals surface area (Å²) >= 11 is 1.44. The van der Waals surface area contributed by atoms with Gasteiger partial charge in [-0.15, -0.1) is 0 Å². The number of hydrogen-bond acceptors (Lipinski definition) is 7. The molecule has 1 atom stereocenters. The summed E-state index contributed by atoms with van der Waals surface area (Å²) in [6.45, 7) is 1.09. The van der Waals surface area contributed by atoms with E-state index in [0.717, 1.165) is 34.2 Å². The number of thiazole rings is 1. The molecule has 1 unspecified atom stereocenters. The summed E-state index contributed by atoms with van der Waals surface area (Å²) in [5.41, 5.74) is 7.24. The van der Waals surface area contributed by atoms with Crippen molar-refractivity contribution in [3.63, 3.8) is 0 Å². The van der Waals surface area contributed by atoms with Crippen molar-refractivity contribution in [1.82, 2.24) is 19.7 Å². The predicted octanol–water partition coefficient (Wildman–Crippen LogP) is 6.60. The Hall–Kier alpha value is -5.35. The van der Waals surface area contributed by atoms with Gasteiger partial charge in [0.1, 0.15) is 5.82 Å². The lowest BCUT2D eigenvalue weighted by Crippen LogP contribution is -2.33. The second-order valence-corrected chi connectivity index (χ2v) is 12.4. The topological polar surface area (TPSA) is 113 Å². The molecule has 222 valence electrons. The monoisotopic (exact) mass is 612 g/mol. The van der Waals surface area contributed by atoms with E-state index in [4.69, 9.17) is 0 Å². The average molecular weight is 613 g/mol. The maximum Gasteiger partial charge on any atom is 0.355 e. The molecule has 2 aliphatic rings. The number of pyridine rings is 1. The van der Waals surface area contributed by atoms with Crippen LogP contribution in [0.5, 0.6) is 0 Å². The van der Waals surface area contributed by atoms with E-state index < -0.39 is 5.97 Å². The Kier molecular flexibility index (Phi) is 6.64. The Labute approximate surface area is 262 Å². The number of nitrogens with one attached hydrogen (secondary N) is 1. The summed E-state index contributed by atoms with van der Waals surface area (Å²) in [7, 11) is 0. The molecule has 8 rings (SSSR count). The van der Waals surface area contributed by atoms with Crippen molar-refractivity contribution in [3.05, 3.63) is 125 Å². The maximum atomic E-state index is 13.5. The van der Waals surface area contributed by atoms with E-state index >= 15 is 0 Å². The number of anilines is 2. The number of aromatic carboxylic acids is 1. The van der Waals surface area contributed by atoms with Crippen LogP contribution in [-0.2, 0) is 19.4 Å². The lowest BCUT2D eigenvalue weighted by atomic mass is 9.94. The first kappa shape index (κ1) is 27.2. The normalized spacial score (nSPS) is 15.6. The molecule has 9 nitrogen and oxygen atoms in total. The quantitative estimate of drug-likeness (QED) is 0.218. The number of nitrogens with zero attached hydrogens (tertiary/aromatic N) is 5. The Bertz CT molecular complexity index is 2080. The Morgan fingerprint density at radius 2 is 1.76 bits per heavy atom. The molecular formula is C35H28N6O3S. The van der Waals surface area contributed by atoms with Crippen LogP contribution < -0.4 is 10.2 Å². The third-order valence-electron chi connectivity index (χ3n) is 8.77. The summed E-state index contributed by atoms with van der Waals surface area (Å²) in [5, 5.41) is 18.4. The number of amides is 1. The number of aryl methyl sites for hydroxylation is 1. The molecule has 0 spiro atoms. The second kappa shape index (κ2) is 11.0. The number of carbonyl (C=O) groups excluding carboxylic acids is 1. The molecule has 0 radical (unpaired) electrons. The van der Waals surface area contributed by atoms with Crippen LogP contribution in [0.3, 0.4) is 0 Å². The average Bonchev–Trinajstić information content (AvgIpc) is 3.82. The first-order valence-corrected chi connectivity index (χ1v) is 15.7. The van der Waals surface area contributed by atoms with Crippen LogP contribution in [0.25, 0.3) is 21.3 Å². The molecule has 0 saturated carbocycles. The minimum absolute atomic E-state index is 0.0217. The largest absolute Gasteiger partial charge is 0.476 e. The number of benzene rings is 3. The van der Waals surface area contributed by atoms with Gasteiger partial charge in [-0.25, -0.2) is 14.8 Å². The highest BCUT2D eigenvalue weighted by Crippen LogP contribution is 2.36. The minimum atomic E-state index is -1.10. The number of carbonyl (C=O) groups is 2. The van der Waals surface area contributed by atoms with E-state index in [9.17, 15) is 14.7 Å². The second-order valence-electron chi connectivity index (χ2n) is 11.4. The molecule has 1 amide bonds. The van der Waals surface area contributed by atoms with E-state index in [0.29, 0.717) is 47.2 Å². The van der Waals surface area contributed by atoms with Gasteiger partial charge in [0.2, 0.25) is 0 Å². The van der Waals surface area contributed by atoms with Crippen molar-refractivity contribution < 1.29 is 14.7 Å². The lowest BCUT2D eigenvalue weighted by molar-refractivity contribution is 0.0691. The van der Waals surface area contributed by atoms with Crippen LogP contribution >= 0.6 is 11.3 Å². The van der Waals surface area contributed by atoms with E-state index in [-0.39, 0.29) is 17.6 Å². The Morgan fingerprint density at radius 1 is 0.911 bits per heavy atom. The molecule has 0 bridgehead atoms.